The van der Waals surface area contributed by atoms with Gasteiger partial charge in [0.25, 0.3) is 0 Å². The summed E-state index contributed by atoms with van der Waals surface area (Å²) in [5.41, 5.74) is 4.05. The summed E-state index contributed by atoms with van der Waals surface area (Å²) in [7, 11) is 0. The fraction of sp³-hybridized carbons (Fsp3) is 0.281. The van der Waals surface area contributed by atoms with Gasteiger partial charge >= 0.3 is 6.18 Å². The van der Waals surface area contributed by atoms with Crippen molar-refractivity contribution in [1.29, 1.82) is 0 Å². The number of nitrogens with one attached hydrogen (secondary N) is 2. The Labute approximate surface area is 248 Å². The first-order chi connectivity index (χ1) is 20.1. The lowest BCUT2D eigenvalue weighted by Gasteiger charge is -2.28. The predicted octanol–water partition coefficient (Wildman–Crippen LogP) is 7.07. The van der Waals surface area contributed by atoms with Crippen LogP contribution in [-0.2, 0) is 17.4 Å². The van der Waals surface area contributed by atoms with E-state index in [-0.39, 0.29) is 24.1 Å². The van der Waals surface area contributed by atoms with Gasteiger partial charge in [-0.3, -0.25) is 9.78 Å². The van der Waals surface area contributed by atoms with Gasteiger partial charge in [0.2, 0.25) is 5.91 Å². The molecule has 6 nitrogen and oxygen atoms in total. The number of aromatic nitrogens is 2. The molecular weight excluding hydrogens is 559 g/mol. The molecule has 10 heteroatoms. The van der Waals surface area contributed by atoms with Gasteiger partial charge in [0.1, 0.15) is 0 Å². The second-order valence-electron chi connectivity index (χ2n) is 10.3. The highest BCUT2D eigenvalue weighted by Gasteiger charge is 2.42. The maximum Gasteiger partial charge on any atom is 0.418 e. The minimum absolute atomic E-state index is 0.0645. The maximum atomic E-state index is 14.0. The van der Waals surface area contributed by atoms with Crippen LogP contribution < -0.4 is 10.6 Å². The molecule has 3 heterocycles. The minimum Gasteiger partial charge on any atom is -0.352 e. The number of halogens is 3. The van der Waals surface area contributed by atoms with Crippen molar-refractivity contribution in [2.75, 3.05) is 11.9 Å². The van der Waals surface area contributed by atoms with Crippen LogP contribution in [0, 0.1) is 13.8 Å². The number of carbonyl (C=O) groups excluding carboxylic acids is 1. The summed E-state index contributed by atoms with van der Waals surface area (Å²) in [4.78, 5) is 19.6. The number of anilines is 1. The molecule has 0 aliphatic carbocycles. The number of amides is 1. The second kappa shape index (κ2) is 12.0. The summed E-state index contributed by atoms with van der Waals surface area (Å²) >= 11 is 5.76. The molecule has 42 heavy (non-hydrogen) atoms. The molecular formula is C32H32F3N5OS. The van der Waals surface area contributed by atoms with Gasteiger partial charge in [0.05, 0.1) is 29.0 Å². The Morgan fingerprint density at radius 3 is 2.48 bits per heavy atom. The van der Waals surface area contributed by atoms with Gasteiger partial charge in [0, 0.05) is 36.2 Å². The highest BCUT2D eigenvalue weighted by atomic mass is 32.1. The molecule has 4 aromatic rings. The first-order valence-electron chi connectivity index (χ1n) is 13.8. The van der Waals surface area contributed by atoms with Crippen LogP contribution in [0.3, 0.4) is 0 Å². The number of para-hydroxylation sites is 2. The van der Waals surface area contributed by atoms with Crippen LogP contribution in [0.4, 0.5) is 18.9 Å². The zero-order valence-corrected chi connectivity index (χ0v) is 24.4. The van der Waals surface area contributed by atoms with Crippen LogP contribution in [0.1, 0.15) is 59.2 Å². The Bertz CT molecular complexity index is 1600. The smallest absolute Gasteiger partial charge is 0.352 e. The van der Waals surface area contributed by atoms with Crippen LogP contribution in [0.2, 0.25) is 0 Å². The monoisotopic (exact) mass is 591 g/mol. The Hall–Kier alpha value is -4.18. The summed E-state index contributed by atoms with van der Waals surface area (Å²) in [6.45, 7) is 5.95. The highest BCUT2D eigenvalue weighted by molar-refractivity contribution is 7.80. The van der Waals surface area contributed by atoms with Gasteiger partial charge in [-0.05, 0) is 80.0 Å². The minimum atomic E-state index is -4.51. The number of nitrogens with zero attached hydrogens (tertiary/aromatic N) is 3. The van der Waals surface area contributed by atoms with E-state index < -0.39 is 17.8 Å². The average molecular weight is 592 g/mol. The van der Waals surface area contributed by atoms with E-state index >= 15 is 0 Å². The largest absolute Gasteiger partial charge is 0.418 e. The van der Waals surface area contributed by atoms with E-state index in [2.05, 4.69) is 15.6 Å². The standard InChI is InChI=1S/C32H32F3N5OS/c1-4-22-11-5-7-13-25(22)37-28(41)16-18-39-30(29(38-31(39)42)26-14-9-10-17-36-26)23-19-20(2)40(21(23)3)27-15-8-6-12-24(27)32(33,34)35/h5-15,17,19,29-30H,4,16,18H2,1-3H3,(H,37,41)(H,38,42)/t29-,30-/m1/s1. The molecule has 2 N–H and O–H groups in total. The van der Waals surface area contributed by atoms with Crippen molar-refractivity contribution in [3.05, 3.63) is 113 Å². The normalized spacial score (nSPS) is 16.9. The van der Waals surface area contributed by atoms with Gasteiger partial charge in [-0.1, -0.05) is 43.3 Å². The topological polar surface area (TPSA) is 62.2 Å². The van der Waals surface area contributed by atoms with Crippen LogP contribution in [0.15, 0.2) is 79.0 Å². The highest BCUT2D eigenvalue weighted by Crippen LogP contribution is 2.42. The van der Waals surface area contributed by atoms with E-state index in [1.807, 2.05) is 67.3 Å². The third-order valence-corrected chi connectivity index (χ3v) is 8.04. The fourth-order valence-electron chi connectivity index (χ4n) is 5.74. The van der Waals surface area contributed by atoms with Crippen molar-refractivity contribution in [3.8, 4) is 5.69 Å². The van der Waals surface area contributed by atoms with Crippen LogP contribution in [0.25, 0.3) is 5.69 Å². The number of hydrogen-bond acceptors (Lipinski definition) is 3. The first kappa shape index (κ1) is 29.3. The zero-order valence-electron chi connectivity index (χ0n) is 23.6. The van der Waals surface area contributed by atoms with Crippen LogP contribution in [0.5, 0.6) is 0 Å². The fourth-order valence-corrected chi connectivity index (χ4v) is 6.07. The molecule has 5 rings (SSSR count). The molecule has 2 aromatic carbocycles. The average Bonchev–Trinajstić information content (AvgIpc) is 3.46. The summed E-state index contributed by atoms with van der Waals surface area (Å²) in [6.07, 6.45) is -1.86. The summed E-state index contributed by atoms with van der Waals surface area (Å²) in [5, 5.41) is 6.83. The zero-order chi connectivity index (χ0) is 30.0. The molecule has 218 valence electrons. The predicted molar refractivity (Wildman–Crippen MR) is 161 cm³/mol. The van der Waals surface area contributed by atoms with Crippen molar-refractivity contribution in [3.63, 3.8) is 0 Å². The Kier molecular flexibility index (Phi) is 8.36. The number of thiocarbonyl (C=S) groups is 1. The number of aryl methyl sites for hydroxylation is 2. The number of rotatable bonds is 8. The molecule has 1 amide bonds. The summed E-state index contributed by atoms with van der Waals surface area (Å²) in [5.74, 6) is -0.150. The quantitative estimate of drug-likeness (QED) is 0.215. The number of hydrogen-bond donors (Lipinski definition) is 2. The molecule has 2 atom stereocenters. The SMILES string of the molecule is CCc1ccccc1NC(=O)CCN1C(=S)N[C@H](c2ccccn2)[C@H]1c1cc(C)n(-c2ccccc2C(F)(F)F)c1C. The van der Waals surface area contributed by atoms with E-state index in [4.69, 9.17) is 12.2 Å². The second-order valence-corrected chi connectivity index (χ2v) is 10.7. The Morgan fingerprint density at radius 2 is 1.76 bits per heavy atom. The van der Waals surface area contributed by atoms with Gasteiger partial charge in [-0.15, -0.1) is 0 Å². The van der Waals surface area contributed by atoms with E-state index in [1.54, 1.807) is 23.8 Å². The molecule has 1 aliphatic heterocycles. The third kappa shape index (κ3) is 5.76. The molecule has 0 unspecified atom stereocenters. The lowest BCUT2D eigenvalue weighted by molar-refractivity contribution is -0.137. The molecule has 1 aliphatic rings. The number of carbonyl (C=O) groups is 1. The number of pyridine rings is 1. The molecule has 0 spiro atoms. The van der Waals surface area contributed by atoms with Gasteiger partial charge in [0.15, 0.2) is 5.11 Å². The van der Waals surface area contributed by atoms with Gasteiger partial charge in [-0.25, -0.2) is 0 Å². The third-order valence-electron chi connectivity index (χ3n) is 7.69. The number of alkyl halides is 3. The summed E-state index contributed by atoms with van der Waals surface area (Å²) in [6, 6.07) is 20.0. The van der Waals surface area contributed by atoms with Crippen molar-refractivity contribution in [2.45, 2.75) is 51.9 Å². The molecule has 0 bridgehead atoms. The lowest BCUT2D eigenvalue weighted by atomic mass is 9.96. The number of benzene rings is 2. The molecule has 2 aromatic heterocycles. The maximum absolute atomic E-state index is 14.0. The van der Waals surface area contributed by atoms with Crippen LogP contribution >= 0.6 is 12.2 Å². The lowest BCUT2D eigenvalue weighted by Crippen LogP contribution is -2.33. The van der Waals surface area contributed by atoms with Crippen molar-refractivity contribution in [2.24, 2.45) is 0 Å². The van der Waals surface area contributed by atoms with E-state index in [0.717, 1.165) is 35.0 Å². The van der Waals surface area contributed by atoms with Gasteiger partial charge in [-0.2, -0.15) is 13.2 Å². The van der Waals surface area contributed by atoms with Crippen molar-refractivity contribution in [1.82, 2.24) is 19.8 Å². The Balaban J connectivity index is 1.51. The molecule has 1 fully saturated rings. The van der Waals surface area contributed by atoms with Gasteiger partial charge < -0.3 is 20.1 Å². The van der Waals surface area contributed by atoms with E-state index in [1.165, 1.54) is 12.1 Å². The van der Waals surface area contributed by atoms with Crippen molar-refractivity contribution >= 4 is 28.9 Å². The van der Waals surface area contributed by atoms with E-state index in [0.29, 0.717) is 23.0 Å². The van der Waals surface area contributed by atoms with E-state index in [9.17, 15) is 18.0 Å². The molecule has 0 radical (unpaired) electrons. The molecule has 1 saturated heterocycles. The Morgan fingerprint density at radius 1 is 1.05 bits per heavy atom. The van der Waals surface area contributed by atoms with Crippen molar-refractivity contribution < 1.29 is 18.0 Å². The summed E-state index contributed by atoms with van der Waals surface area (Å²) < 4.78 is 43.6. The molecule has 0 saturated carbocycles. The first-order valence-corrected chi connectivity index (χ1v) is 14.2. The van der Waals surface area contributed by atoms with Crippen LogP contribution in [-0.4, -0.2) is 32.0 Å².